The lowest BCUT2D eigenvalue weighted by atomic mass is 10.0. The molecule has 134 valence electrons. The van der Waals surface area contributed by atoms with Crippen molar-refractivity contribution >= 4 is 29.4 Å². The van der Waals surface area contributed by atoms with E-state index in [9.17, 15) is 9.59 Å². The van der Waals surface area contributed by atoms with Crippen LogP contribution < -0.4 is 5.32 Å². The molecule has 0 aliphatic rings. The summed E-state index contributed by atoms with van der Waals surface area (Å²) in [5.41, 5.74) is 1.04. The van der Waals surface area contributed by atoms with Crippen LogP contribution in [0.2, 0.25) is 5.02 Å². The summed E-state index contributed by atoms with van der Waals surface area (Å²) in [5, 5.41) is 7.17. The third kappa shape index (κ3) is 4.39. The Hall–Kier alpha value is -2.34. The molecule has 0 spiro atoms. The van der Waals surface area contributed by atoms with E-state index in [1.165, 1.54) is 0 Å². The van der Waals surface area contributed by atoms with Crippen molar-refractivity contribution in [3.05, 3.63) is 34.9 Å². The summed E-state index contributed by atoms with van der Waals surface area (Å²) in [6.45, 7) is 5.76. The fourth-order valence-corrected chi connectivity index (χ4v) is 2.57. The molecule has 6 nitrogen and oxygen atoms in total. The van der Waals surface area contributed by atoms with E-state index >= 15 is 0 Å². The number of carbonyl (C=O) groups excluding carboxylic acids is 2. The zero-order valence-corrected chi connectivity index (χ0v) is 15.2. The van der Waals surface area contributed by atoms with Gasteiger partial charge in [0.05, 0.1) is 6.61 Å². The molecule has 0 saturated heterocycles. The number of amides is 1. The van der Waals surface area contributed by atoms with Crippen molar-refractivity contribution in [2.24, 2.45) is 5.92 Å². The van der Waals surface area contributed by atoms with Gasteiger partial charge in [-0.1, -0.05) is 42.7 Å². The number of esters is 1. The van der Waals surface area contributed by atoms with Crippen LogP contribution in [0.5, 0.6) is 0 Å². The highest BCUT2D eigenvalue weighted by molar-refractivity contribution is 6.30. The van der Waals surface area contributed by atoms with Gasteiger partial charge in [0.2, 0.25) is 11.8 Å². The van der Waals surface area contributed by atoms with E-state index in [4.69, 9.17) is 20.9 Å². The Balaban J connectivity index is 2.41. The first-order valence-corrected chi connectivity index (χ1v) is 8.63. The number of carbonyl (C=O) groups is 2. The van der Waals surface area contributed by atoms with Gasteiger partial charge >= 0.3 is 5.97 Å². The normalized spacial score (nSPS) is 10.8. The van der Waals surface area contributed by atoms with Crippen LogP contribution in [0.3, 0.4) is 0 Å². The molecule has 1 aromatic heterocycles. The van der Waals surface area contributed by atoms with Crippen molar-refractivity contribution in [1.82, 2.24) is 5.16 Å². The molecule has 0 aliphatic carbocycles. The Morgan fingerprint density at radius 2 is 1.84 bits per heavy atom. The summed E-state index contributed by atoms with van der Waals surface area (Å²) in [6, 6.07) is 6.80. The predicted octanol–water partition coefficient (Wildman–Crippen LogP) is 4.55. The third-order valence-electron chi connectivity index (χ3n) is 3.88. The topological polar surface area (TPSA) is 81.4 Å². The first kappa shape index (κ1) is 19.0. The lowest BCUT2D eigenvalue weighted by Crippen LogP contribution is -2.22. The molecule has 0 bridgehead atoms. The Morgan fingerprint density at radius 1 is 1.20 bits per heavy atom. The van der Waals surface area contributed by atoms with Gasteiger partial charge in [0.25, 0.3) is 0 Å². The zero-order valence-electron chi connectivity index (χ0n) is 14.5. The van der Waals surface area contributed by atoms with E-state index in [0.717, 1.165) is 0 Å². The molecule has 0 unspecified atom stereocenters. The Kier molecular flexibility index (Phi) is 6.58. The number of aromatic nitrogens is 1. The van der Waals surface area contributed by atoms with Crippen LogP contribution in [0.15, 0.2) is 28.8 Å². The van der Waals surface area contributed by atoms with Crippen LogP contribution >= 0.6 is 11.6 Å². The number of nitrogens with one attached hydrogen (secondary N) is 1. The number of hydrogen-bond donors (Lipinski definition) is 1. The summed E-state index contributed by atoms with van der Waals surface area (Å²) in [4.78, 5) is 24.7. The molecular formula is C18H21ClN2O4. The Labute approximate surface area is 151 Å². The second-order valence-corrected chi connectivity index (χ2v) is 5.90. The molecule has 25 heavy (non-hydrogen) atoms. The standard InChI is InChI=1S/C18H21ClN2O4/c1-4-11(5-2)16(22)20-17-14(18(23)24-6-3)15(21-25-17)12-7-9-13(19)10-8-12/h7-11H,4-6H2,1-3H3,(H,20,22). The minimum Gasteiger partial charge on any atom is -0.462 e. The number of halogens is 1. The maximum atomic E-state index is 12.4. The second-order valence-electron chi connectivity index (χ2n) is 5.47. The third-order valence-corrected chi connectivity index (χ3v) is 4.13. The smallest absolute Gasteiger partial charge is 0.346 e. The van der Waals surface area contributed by atoms with E-state index in [1.807, 2.05) is 13.8 Å². The molecule has 0 fully saturated rings. The van der Waals surface area contributed by atoms with Gasteiger partial charge in [0.15, 0.2) is 5.56 Å². The van der Waals surface area contributed by atoms with Gasteiger partial charge in [-0.05, 0) is 31.9 Å². The van der Waals surface area contributed by atoms with Gasteiger partial charge < -0.3 is 9.26 Å². The van der Waals surface area contributed by atoms with Crippen LogP contribution in [0.25, 0.3) is 11.3 Å². The van der Waals surface area contributed by atoms with Gasteiger partial charge in [-0.25, -0.2) is 4.79 Å². The minimum atomic E-state index is -0.603. The van der Waals surface area contributed by atoms with Crippen LogP contribution in [-0.4, -0.2) is 23.6 Å². The Bertz CT molecular complexity index is 736. The van der Waals surface area contributed by atoms with E-state index < -0.39 is 5.97 Å². The fourth-order valence-electron chi connectivity index (χ4n) is 2.45. The van der Waals surface area contributed by atoms with Gasteiger partial charge in [-0.3, -0.25) is 10.1 Å². The van der Waals surface area contributed by atoms with Crippen molar-refractivity contribution in [2.45, 2.75) is 33.6 Å². The van der Waals surface area contributed by atoms with Crippen molar-refractivity contribution in [2.75, 3.05) is 11.9 Å². The molecule has 0 atom stereocenters. The van der Waals surface area contributed by atoms with E-state index in [1.54, 1.807) is 31.2 Å². The lowest BCUT2D eigenvalue weighted by molar-refractivity contribution is -0.120. The molecule has 2 rings (SSSR count). The maximum Gasteiger partial charge on any atom is 0.346 e. The molecule has 2 aromatic rings. The van der Waals surface area contributed by atoms with Gasteiger partial charge in [0.1, 0.15) is 5.69 Å². The lowest BCUT2D eigenvalue weighted by Gasteiger charge is -2.11. The fraction of sp³-hybridized carbons (Fsp3) is 0.389. The van der Waals surface area contributed by atoms with Crippen molar-refractivity contribution < 1.29 is 18.8 Å². The first-order valence-electron chi connectivity index (χ1n) is 8.25. The largest absolute Gasteiger partial charge is 0.462 e. The maximum absolute atomic E-state index is 12.4. The molecule has 1 N–H and O–H groups in total. The van der Waals surface area contributed by atoms with Crippen molar-refractivity contribution in [3.8, 4) is 11.3 Å². The summed E-state index contributed by atoms with van der Waals surface area (Å²) >= 11 is 5.90. The molecule has 1 aromatic carbocycles. The van der Waals surface area contributed by atoms with Crippen LogP contribution in [0.4, 0.5) is 5.88 Å². The zero-order chi connectivity index (χ0) is 18.4. The SMILES string of the molecule is CCOC(=O)c1c(-c2ccc(Cl)cc2)noc1NC(=O)C(CC)CC. The predicted molar refractivity (Wildman–Crippen MR) is 95.6 cm³/mol. The van der Waals surface area contributed by atoms with Crippen molar-refractivity contribution in [3.63, 3.8) is 0 Å². The highest BCUT2D eigenvalue weighted by atomic mass is 35.5. The highest BCUT2D eigenvalue weighted by Gasteiger charge is 2.27. The number of benzene rings is 1. The monoisotopic (exact) mass is 364 g/mol. The minimum absolute atomic E-state index is 0.000278. The number of hydrogen-bond acceptors (Lipinski definition) is 5. The summed E-state index contributed by atoms with van der Waals surface area (Å²) < 4.78 is 10.3. The quantitative estimate of drug-likeness (QED) is 0.729. The summed E-state index contributed by atoms with van der Waals surface area (Å²) in [6.07, 6.45) is 1.38. The Morgan fingerprint density at radius 3 is 2.40 bits per heavy atom. The number of rotatable bonds is 7. The van der Waals surface area contributed by atoms with Gasteiger partial charge in [0, 0.05) is 16.5 Å². The average Bonchev–Trinajstić information content (AvgIpc) is 3.00. The highest BCUT2D eigenvalue weighted by Crippen LogP contribution is 2.31. The van der Waals surface area contributed by atoms with E-state index in [-0.39, 0.29) is 29.9 Å². The molecule has 1 heterocycles. The molecule has 0 saturated carbocycles. The molecule has 0 radical (unpaired) electrons. The summed E-state index contributed by atoms with van der Waals surface area (Å²) in [7, 11) is 0. The second kappa shape index (κ2) is 8.67. The first-order chi connectivity index (χ1) is 12.0. The molecular weight excluding hydrogens is 344 g/mol. The van der Waals surface area contributed by atoms with E-state index in [0.29, 0.717) is 29.1 Å². The average molecular weight is 365 g/mol. The van der Waals surface area contributed by atoms with E-state index in [2.05, 4.69) is 10.5 Å². The molecule has 7 heteroatoms. The molecule has 1 amide bonds. The van der Waals surface area contributed by atoms with Crippen LogP contribution in [-0.2, 0) is 9.53 Å². The number of nitrogens with zero attached hydrogens (tertiary/aromatic N) is 1. The van der Waals surface area contributed by atoms with Crippen LogP contribution in [0.1, 0.15) is 44.0 Å². The summed E-state index contributed by atoms with van der Waals surface area (Å²) in [5.74, 6) is -0.984. The van der Waals surface area contributed by atoms with Gasteiger partial charge in [-0.2, -0.15) is 0 Å². The van der Waals surface area contributed by atoms with Crippen LogP contribution in [0, 0.1) is 5.92 Å². The van der Waals surface area contributed by atoms with Gasteiger partial charge in [-0.15, -0.1) is 0 Å². The number of ether oxygens (including phenoxy) is 1. The molecule has 0 aliphatic heterocycles. The number of anilines is 1. The van der Waals surface area contributed by atoms with Crippen molar-refractivity contribution in [1.29, 1.82) is 0 Å².